The normalized spacial score (nSPS) is 12.0. The fraction of sp³-hybridized carbons (Fsp3) is 0.310. The van der Waals surface area contributed by atoms with Gasteiger partial charge >= 0.3 is 0 Å². The average Bonchev–Trinajstić information content (AvgIpc) is 2.93. The fourth-order valence-corrected chi connectivity index (χ4v) is 6.00. The van der Waals surface area contributed by atoms with E-state index in [-0.39, 0.29) is 29.5 Å². The number of carbonyl (C=O) groups excluding carboxylic acids is 2. The number of halogens is 3. The molecule has 0 saturated heterocycles. The Morgan fingerprint density at radius 3 is 2.25 bits per heavy atom. The average molecular weight is 609 g/mol. The highest BCUT2D eigenvalue weighted by molar-refractivity contribution is 7.92. The van der Waals surface area contributed by atoms with Crippen LogP contribution in [-0.4, -0.2) is 44.3 Å². The summed E-state index contributed by atoms with van der Waals surface area (Å²) in [5, 5.41) is 3.60. The fourth-order valence-electron chi connectivity index (χ4n) is 4.12. The maximum Gasteiger partial charge on any atom is 0.264 e. The van der Waals surface area contributed by atoms with Crippen molar-refractivity contribution in [2.45, 2.75) is 50.6 Å². The van der Waals surface area contributed by atoms with E-state index in [0.29, 0.717) is 22.2 Å². The molecule has 1 N–H and O–H groups in total. The summed E-state index contributed by atoms with van der Waals surface area (Å²) < 4.78 is 42.0. The Hall–Kier alpha value is -3.14. The topological polar surface area (TPSA) is 86.8 Å². The van der Waals surface area contributed by atoms with Crippen molar-refractivity contribution in [3.63, 3.8) is 0 Å². The van der Waals surface area contributed by atoms with Crippen LogP contribution in [0.1, 0.15) is 38.7 Å². The molecule has 3 aromatic carbocycles. The molecular weight excluding hydrogens is 576 g/mol. The molecule has 0 radical (unpaired) electrons. The van der Waals surface area contributed by atoms with E-state index in [1.807, 2.05) is 6.92 Å². The van der Waals surface area contributed by atoms with Crippen molar-refractivity contribution < 1.29 is 22.4 Å². The Labute approximate surface area is 244 Å². The molecule has 3 rings (SSSR count). The van der Waals surface area contributed by atoms with E-state index in [1.165, 1.54) is 4.90 Å². The van der Waals surface area contributed by atoms with Gasteiger partial charge in [-0.15, -0.1) is 0 Å². The minimum Gasteiger partial charge on any atom is -0.354 e. The third kappa shape index (κ3) is 7.96. The van der Waals surface area contributed by atoms with Crippen LogP contribution in [0.2, 0.25) is 10.0 Å². The summed E-state index contributed by atoms with van der Waals surface area (Å²) in [4.78, 5) is 28.4. The number of hydrogen-bond donors (Lipinski definition) is 1. The van der Waals surface area contributed by atoms with Crippen LogP contribution in [-0.2, 0) is 26.2 Å². The van der Waals surface area contributed by atoms with Crippen molar-refractivity contribution >= 4 is 50.7 Å². The number of carbonyl (C=O) groups is 2. The molecule has 0 fully saturated rings. The van der Waals surface area contributed by atoms with Crippen LogP contribution < -0.4 is 9.62 Å². The maximum atomic E-state index is 14.0. The first-order chi connectivity index (χ1) is 19.1. The van der Waals surface area contributed by atoms with Gasteiger partial charge in [-0.05, 0) is 66.9 Å². The van der Waals surface area contributed by atoms with Gasteiger partial charge in [0.25, 0.3) is 10.0 Å². The molecule has 0 unspecified atom stereocenters. The largest absolute Gasteiger partial charge is 0.354 e. The molecule has 40 heavy (non-hydrogen) atoms. The van der Waals surface area contributed by atoms with Gasteiger partial charge < -0.3 is 10.2 Å². The van der Waals surface area contributed by atoms with Crippen LogP contribution in [0.3, 0.4) is 0 Å². The zero-order valence-corrected chi connectivity index (χ0v) is 24.6. The van der Waals surface area contributed by atoms with E-state index in [9.17, 15) is 22.4 Å². The standard InChI is InChI=1S/C29H32Cl2FN3O4S/c1-3-5-17-33-29(37)27(4-2)34(19-21-11-12-22(30)18-26(21)31)28(36)20-35(24-9-7-6-8-10-24)40(38,39)25-15-13-23(32)14-16-25/h6-16,18,27H,3-5,17,19-20H2,1-2H3,(H,33,37)/t27-/m1/s1. The first-order valence-electron chi connectivity index (χ1n) is 12.9. The molecule has 1 atom stereocenters. The molecule has 7 nitrogen and oxygen atoms in total. The molecule has 11 heteroatoms. The van der Waals surface area contributed by atoms with E-state index >= 15 is 0 Å². The number of benzene rings is 3. The molecule has 0 aliphatic rings. The quantitative estimate of drug-likeness (QED) is 0.240. The van der Waals surface area contributed by atoms with Gasteiger partial charge in [0.1, 0.15) is 18.4 Å². The second-order valence-electron chi connectivity index (χ2n) is 9.13. The molecule has 0 saturated carbocycles. The number of hydrogen-bond acceptors (Lipinski definition) is 4. The Morgan fingerprint density at radius 1 is 0.975 bits per heavy atom. The minimum atomic E-state index is -4.28. The minimum absolute atomic E-state index is 0.0479. The predicted octanol–water partition coefficient (Wildman–Crippen LogP) is 6.05. The SMILES string of the molecule is CCCCNC(=O)[C@@H](CC)N(Cc1ccc(Cl)cc1Cl)C(=O)CN(c1ccccc1)S(=O)(=O)c1ccc(F)cc1. The summed E-state index contributed by atoms with van der Waals surface area (Å²) in [7, 11) is -4.28. The number of para-hydroxylation sites is 1. The first-order valence-corrected chi connectivity index (χ1v) is 15.1. The number of amides is 2. The van der Waals surface area contributed by atoms with Crippen molar-refractivity contribution in [1.29, 1.82) is 0 Å². The Kier molecular flexibility index (Phi) is 11.4. The lowest BCUT2D eigenvalue weighted by molar-refractivity contribution is -0.140. The number of unbranched alkanes of at least 4 members (excludes halogenated alkanes) is 1. The van der Waals surface area contributed by atoms with Crippen LogP contribution in [0.5, 0.6) is 0 Å². The highest BCUT2D eigenvalue weighted by Gasteiger charge is 2.33. The molecule has 0 spiro atoms. The summed E-state index contributed by atoms with van der Waals surface area (Å²) in [6, 6.07) is 16.5. The molecule has 0 aliphatic carbocycles. The monoisotopic (exact) mass is 607 g/mol. The highest BCUT2D eigenvalue weighted by Crippen LogP contribution is 2.27. The summed E-state index contributed by atoms with van der Waals surface area (Å²) >= 11 is 12.5. The number of rotatable bonds is 13. The zero-order chi connectivity index (χ0) is 29.3. The second kappa shape index (κ2) is 14.5. The van der Waals surface area contributed by atoms with Crippen LogP contribution >= 0.6 is 23.2 Å². The van der Waals surface area contributed by atoms with Gasteiger partial charge in [-0.25, -0.2) is 12.8 Å². The van der Waals surface area contributed by atoms with Gasteiger partial charge in [-0.2, -0.15) is 0 Å². The van der Waals surface area contributed by atoms with E-state index in [4.69, 9.17) is 23.2 Å². The van der Waals surface area contributed by atoms with Gasteiger partial charge in [-0.3, -0.25) is 13.9 Å². The lowest BCUT2D eigenvalue weighted by Gasteiger charge is -2.33. The number of sulfonamides is 1. The molecular formula is C29H32Cl2FN3O4S. The van der Waals surface area contributed by atoms with E-state index < -0.39 is 34.3 Å². The molecule has 214 valence electrons. The number of anilines is 1. The van der Waals surface area contributed by atoms with Crippen LogP contribution in [0.25, 0.3) is 0 Å². The summed E-state index contributed by atoms with van der Waals surface area (Å²) in [6.45, 7) is 3.58. The van der Waals surface area contributed by atoms with Gasteiger partial charge in [0.15, 0.2) is 0 Å². The Bertz CT molecular complexity index is 1410. The van der Waals surface area contributed by atoms with Crippen molar-refractivity contribution in [3.05, 3.63) is 94.2 Å². The number of nitrogens with one attached hydrogen (secondary N) is 1. The van der Waals surface area contributed by atoms with Gasteiger partial charge in [0, 0.05) is 23.1 Å². The molecule has 0 heterocycles. The maximum absolute atomic E-state index is 14.0. The van der Waals surface area contributed by atoms with Crippen molar-refractivity contribution in [1.82, 2.24) is 10.2 Å². The molecule has 0 aromatic heterocycles. The second-order valence-corrected chi connectivity index (χ2v) is 11.8. The smallest absolute Gasteiger partial charge is 0.264 e. The lowest BCUT2D eigenvalue weighted by atomic mass is 10.1. The zero-order valence-electron chi connectivity index (χ0n) is 22.3. The van der Waals surface area contributed by atoms with Gasteiger partial charge in [-0.1, -0.05) is 67.7 Å². The molecule has 0 aliphatic heterocycles. The van der Waals surface area contributed by atoms with Crippen molar-refractivity contribution in [3.8, 4) is 0 Å². The number of nitrogens with zero attached hydrogens (tertiary/aromatic N) is 2. The van der Waals surface area contributed by atoms with Crippen LogP contribution in [0, 0.1) is 5.82 Å². The third-order valence-corrected chi connectivity index (χ3v) is 8.67. The van der Waals surface area contributed by atoms with Crippen molar-refractivity contribution in [2.75, 3.05) is 17.4 Å². The Balaban J connectivity index is 2.03. The molecule has 3 aromatic rings. The van der Waals surface area contributed by atoms with E-state index in [2.05, 4.69) is 5.32 Å². The van der Waals surface area contributed by atoms with Gasteiger partial charge in [0.05, 0.1) is 10.6 Å². The lowest BCUT2D eigenvalue weighted by Crippen LogP contribution is -2.52. The summed E-state index contributed by atoms with van der Waals surface area (Å²) in [5.41, 5.74) is 0.789. The van der Waals surface area contributed by atoms with Crippen LogP contribution in [0.4, 0.5) is 10.1 Å². The highest BCUT2D eigenvalue weighted by atomic mass is 35.5. The van der Waals surface area contributed by atoms with Crippen LogP contribution in [0.15, 0.2) is 77.7 Å². The summed E-state index contributed by atoms with van der Waals surface area (Å²) in [6.07, 6.45) is 1.94. The third-order valence-electron chi connectivity index (χ3n) is 6.30. The molecule has 0 bridgehead atoms. The first kappa shape index (κ1) is 31.4. The van der Waals surface area contributed by atoms with E-state index in [1.54, 1.807) is 55.5 Å². The Morgan fingerprint density at radius 2 is 1.65 bits per heavy atom. The molecule has 2 amide bonds. The van der Waals surface area contributed by atoms with Crippen molar-refractivity contribution in [2.24, 2.45) is 0 Å². The summed E-state index contributed by atoms with van der Waals surface area (Å²) in [5.74, 6) is -1.55. The predicted molar refractivity (Wildman–Crippen MR) is 156 cm³/mol. The van der Waals surface area contributed by atoms with E-state index in [0.717, 1.165) is 41.4 Å². The van der Waals surface area contributed by atoms with Gasteiger partial charge in [0.2, 0.25) is 11.8 Å².